The van der Waals surface area contributed by atoms with Crippen LogP contribution in [-0.2, 0) is 9.47 Å². The van der Waals surface area contributed by atoms with Crippen LogP contribution >= 0.6 is 0 Å². The van der Waals surface area contributed by atoms with Crippen LogP contribution in [0.25, 0.3) is 0 Å². The molecule has 9 atom stereocenters. The Balaban J connectivity index is 2.17. The molecule has 1 heterocycles. The van der Waals surface area contributed by atoms with E-state index in [4.69, 9.17) is 9.47 Å². The van der Waals surface area contributed by atoms with Crippen molar-refractivity contribution in [2.75, 3.05) is 19.7 Å². The lowest BCUT2D eigenvalue weighted by atomic mass is 9.98. The van der Waals surface area contributed by atoms with Crippen LogP contribution in [0.4, 0.5) is 0 Å². The van der Waals surface area contributed by atoms with E-state index in [1.807, 2.05) is 0 Å². The van der Waals surface area contributed by atoms with E-state index in [9.17, 15) is 40.9 Å². The van der Waals surface area contributed by atoms with Gasteiger partial charge in [0.15, 0.2) is 12.1 Å². The first kappa shape index (κ1) is 36.6. The lowest BCUT2D eigenvalue weighted by Crippen LogP contribution is -2.63. The molecule has 0 unspecified atom stereocenters. The van der Waals surface area contributed by atoms with Gasteiger partial charge in [-0.1, -0.05) is 90.4 Å². The molecule has 11 nitrogen and oxygen atoms in total. The van der Waals surface area contributed by atoms with Gasteiger partial charge in [-0.3, -0.25) is 0 Å². The van der Waals surface area contributed by atoms with Gasteiger partial charge in [0.1, 0.15) is 36.6 Å². The van der Waals surface area contributed by atoms with Crippen molar-refractivity contribution in [3.8, 4) is 0 Å². The molecule has 39 heavy (non-hydrogen) atoms. The third kappa shape index (κ3) is 13.8. The maximum Gasteiger partial charge on any atom is 0.194 e. The normalized spacial score (nSPS) is 27.7. The average Bonchev–Trinajstić information content (AvgIpc) is 2.91. The number of aliphatic hydroxyl groups excluding tert-OH is 7. The van der Waals surface area contributed by atoms with Crippen molar-refractivity contribution in [3.05, 3.63) is 0 Å². The Morgan fingerprint density at radius 2 is 1.26 bits per heavy atom. The maximum atomic E-state index is 10.5. The Morgan fingerprint density at radius 3 is 1.74 bits per heavy atom. The fourth-order valence-electron chi connectivity index (χ4n) is 4.81. The number of rotatable bonds is 23. The van der Waals surface area contributed by atoms with E-state index in [0.717, 1.165) is 26.2 Å². The quantitative estimate of drug-likeness (QED) is 0.0622. The lowest BCUT2D eigenvalue weighted by molar-refractivity contribution is -0.379. The molecule has 0 saturated carbocycles. The summed E-state index contributed by atoms with van der Waals surface area (Å²) in [5.74, 6) is -2.50. The highest BCUT2D eigenvalue weighted by molar-refractivity contribution is 4.91. The summed E-state index contributed by atoms with van der Waals surface area (Å²) < 4.78 is 10.3. The molecule has 1 saturated heterocycles. The molecule has 0 aromatic rings. The van der Waals surface area contributed by atoms with Crippen LogP contribution in [0.15, 0.2) is 0 Å². The monoisotopic (exact) mass is 567 g/mol. The summed E-state index contributed by atoms with van der Waals surface area (Å²) >= 11 is 0. The van der Waals surface area contributed by atoms with E-state index < -0.39 is 61.4 Å². The van der Waals surface area contributed by atoms with Crippen LogP contribution in [0.3, 0.4) is 0 Å². The summed E-state index contributed by atoms with van der Waals surface area (Å²) in [7, 11) is 0. The third-order valence-corrected chi connectivity index (χ3v) is 7.53. The van der Waals surface area contributed by atoms with Gasteiger partial charge in [-0.2, -0.15) is 0 Å². The predicted molar refractivity (Wildman–Crippen MR) is 147 cm³/mol. The number of hydrogen-bond donors (Lipinski definition) is 9. The van der Waals surface area contributed by atoms with Crippen molar-refractivity contribution in [3.63, 3.8) is 0 Å². The Kier molecular flexibility index (Phi) is 19.2. The fraction of sp³-hybridized carbons (Fsp3) is 1.00. The number of unbranched alkanes of at least 4 members (excludes halogenated alkanes) is 13. The molecule has 0 aromatic heterocycles. The highest BCUT2D eigenvalue weighted by Crippen LogP contribution is 2.27. The minimum Gasteiger partial charge on any atom is -0.394 e. The van der Waals surface area contributed by atoms with Gasteiger partial charge in [-0.15, -0.1) is 0 Å². The topological polar surface area (TPSA) is 192 Å². The van der Waals surface area contributed by atoms with Gasteiger partial charge in [0.05, 0.1) is 12.7 Å². The van der Waals surface area contributed by atoms with Gasteiger partial charge in [-0.25, -0.2) is 0 Å². The van der Waals surface area contributed by atoms with Gasteiger partial charge >= 0.3 is 0 Å². The first-order valence-corrected chi connectivity index (χ1v) is 15.0. The smallest absolute Gasteiger partial charge is 0.194 e. The summed E-state index contributed by atoms with van der Waals surface area (Å²) in [4.78, 5) is 0. The van der Waals surface area contributed by atoms with Crippen molar-refractivity contribution < 1.29 is 50.3 Å². The van der Waals surface area contributed by atoms with E-state index in [1.165, 1.54) is 70.6 Å². The second-order valence-corrected chi connectivity index (χ2v) is 11.2. The second-order valence-electron chi connectivity index (χ2n) is 11.2. The van der Waals surface area contributed by atoms with E-state index in [0.29, 0.717) is 6.54 Å². The van der Waals surface area contributed by atoms with Crippen LogP contribution in [-0.4, -0.2) is 115 Å². The minimum absolute atomic E-state index is 0.0210. The standard InChI is InChI=1S/C28H57NO10/c1-3-4-5-6-7-8-9-10-11-12-13-14-15-16-17-29-18-20(31)22(32)26(36)28(2,37)39-27-25(35)24(34)23(33)21(19-30)38-27/h20-27,29-37H,3-19H2,1-2H3/t20-,21-,22+,23+,24+,25-,26-,27+,28-/m1/s1. The van der Waals surface area contributed by atoms with Crippen LogP contribution in [0.2, 0.25) is 0 Å². The number of nitrogens with one attached hydrogen (secondary N) is 1. The Hall–Kier alpha value is -0.440. The van der Waals surface area contributed by atoms with Crippen molar-refractivity contribution in [2.45, 2.75) is 159 Å². The Bertz CT molecular complexity index is 597. The molecule has 11 heteroatoms. The highest BCUT2D eigenvalue weighted by Gasteiger charge is 2.49. The van der Waals surface area contributed by atoms with Crippen LogP contribution < -0.4 is 5.32 Å². The summed E-state index contributed by atoms with van der Waals surface area (Å²) in [6, 6.07) is 0. The molecule has 0 amide bonds. The zero-order valence-corrected chi connectivity index (χ0v) is 24.0. The number of aliphatic hydroxyl groups is 8. The van der Waals surface area contributed by atoms with Gasteiger partial charge in [-0.05, 0) is 19.9 Å². The first-order valence-electron chi connectivity index (χ1n) is 15.0. The van der Waals surface area contributed by atoms with Gasteiger partial charge in [0.2, 0.25) is 0 Å². The molecule has 0 radical (unpaired) electrons. The molecule has 1 aliphatic rings. The maximum absolute atomic E-state index is 10.5. The summed E-state index contributed by atoms with van der Waals surface area (Å²) in [6.45, 7) is 3.16. The Morgan fingerprint density at radius 1 is 0.769 bits per heavy atom. The van der Waals surface area contributed by atoms with Gasteiger partial charge in [0.25, 0.3) is 0 Å². The molecule has 0 bridgehead atoms. The lowest BCUT2D eigenvalue weighted by Gasteiger charge is -2.43. The van der Waals surface area contributed by atoms with Crippen LogP contribution in [0, 0.1) is 0 Å². The van der Waals surface area contributed by atoms with Crippen molar-refractivity contribution >= 4 is 0 Å². The summed E-state index contributed by atoms with van der Waals surface area (Å²) in [5, 5.41) is 83.6. The fourth-order valence-corrected chi connectivity index (χ4v) is 4.81. The zero-order valence-electron chi connectivity index (χ0n) is 24.0. The molecule has 0 aromatic carbocycles. The SMILES string of the molecule is CCCCCCCCCCCCCCCCNC[C@@H](O)[C@H](O)[C@@H](O)[C@](C)(O)O[C@@H]1O[C@H](CO)[C@H](O)[C@H](O)[C@H]1O. The molecular weight excluding hydrogens is 510 g/mol. The van der Waals surface area contributed by atoms with Gasteiger partial charge < -0.3 is 55.6 Å². The molecule has 1 rings (SSSR count). The van der Waals surface area contributed by atoms with E-state index >= 15 is 0 Å². The van der Waals surface area contributed by atoms with E-state index in [-0.39, 0.29) is 6.54 Å². The average molecular weight is 568 g/mol. The molecule has 9 N–H and O–H groups in total. The highest BCUT2D eigenvalue weighted by atomic mass is 16.8. The zero-order chi connectivity index (χ0) is 29.3. The van der Waals surface area contributed by atoms with Crippen LogP contribution in [0.1, 0.15) is 104 Å². The minimum atomic E-state index is -2.50. The Labute approximate surface area is 234 Å². The predicted octanol–water partition coefficient (Wildman–Crippen LogP) is 0.665. The first-order chi connectivity index (χ1) is 18.6. The molecule has 0 aliphatic carbocycles. The molecular formula is C28H57NO10. The number of hydrogen-bond acceptors (Lipinski definition) is 11. The van der Waals surface area contributed by atoms with Crippen molar-refractivity contribution in [1.29, 1.82) is 0 Å². The van der Waals surface area contributed by atoms with Crippen molar-refractivity contribution in [1.82, 2.24) is 5.32 Å². The van der Waals surface area contributed by atoms with Crippen molar-refractivity contribution in [2.24, 2.45) is 0 Å². The van der Waals surface area contributed by atoms with Crippen LogP contribution in [0.5, 0.6) is 0 Å². The van der Waals surface area contributed by atoms with E-state index in [1.54, 1.807) is 0 Å². The molecule has 1 aliphatic heterocycles. The third-order valence-electron chi connectivity index (χ3n) is 7.53. The second kappa shape index (κ2) is 20.4. The summed E-state index contributed by atoms with van der Waals surface area (Å²) in [5.41, 5.74) is 0. The molecule has 234 valence electrons. The number of ether oxygens (including phenoxy) is 2. The largest absolute Gasteiger partial charge is 0.394 e. The summed E-state index contributed by atoms with van der Waals surface area (Å²) in [6.07, 6.45) is 4.36. The molecule has 1 fully saturated rings. The van der Waals surface area contributed by atoms with Gasteiger partial charge in [0, 0.05) is 6.54 Å². The van der Waals surface area contributed by atoms with E-state index in [2.05, 4.69) is 12.2 Å². The molecule has 0 spiro atoms.